The first-order chi connectivity index (χ1) is 13.9. The van der Waals surface area contributed by atoms with E-state index in [4.69, 9.17) is 11.6 Å². The van der Waals surface area contributed by atoms with Gasteiger partial charge >= 0.3 is 0 Å². The van der Waals surface area contributed by atoms with Crippen LogP contribution < -0.4 is 5.32 Å². The number of amides is 1. The molecule has 4 nitrogen and oxygen atoms in total. The number of aryl methyl sites for hydroxylation is 2. The Balaban J connectivity index is 1.29. The smallest absolute Gasteiger partial charge is 0.256 e. The summed E-state index contributed by atoms with van der Waals surface area (Å²) in [5.74, 6) is 2.60. The van der Waals surface area contributed by atoms with Crippen LogP contribution >= 0.6 is 11.6 Å². The van der Waals surface area contributed by atoms with Gasteiger partial charge in [-0.05, 0) is 81.1 Å². The molecule has 2 aromatic rings. The summed E-state index contributed by atoms with van der Waals surface area (Å²) < 4.78 is 1.74. The van der Waals surface area contributed by atoms with Crippen molar-refractivity contribution in [1.82, 2.24) is 15.1 Å². The summed E-state index contributed by atoms with van der Waals surface area (Å²) in [6.07, 6.45) is 8.13. The van der Waals surface area contributed by atoms with Crippen LogP contribution in [0.5, 0.6) is 0 Å². The summed E-state index contributed by atoms with van der Waals surface area (Å²) >= 11 is 6.60. The van der Waals surface area contributed by atoms with Crippen LogP contribution in [0.2, 0.25) is 5.15 Å². The summed E-state index contributed by atoms with van der Waals surface area (Å²) in [4.78, 5) is 13.0. The van der Waals surface area contributed by atoms with Gasteiger partial charge in [0.25, 0.3) is 5.91 Å². The number of nitrogens with one attached hydrogen (secondary N) is 1. The van der Waals surface area contributed by atoms with E-state index in [1.165, 1.54) is 44.1 Å². The molecule has 4 aliphatic rings. The lowest BCUT2D eigenvalue weighted by atomic mass is 9.49. The van der Waals surface area contributed by atoms with Crippen molar-refractivity contribution in [3.8, 4) is 0 Å². The highest BCUT2D eigenvalue weighted by Gasteiger charge is 2.50. The zero-order valence-electron chi connectivity index (χ0n) is 17.4. The topological polar surface area (TPSA) is 46.9 Å². The lowest BCUT2D eigenvalue weighted by Gasteiger charge is -2.56. The van der Waals surface area contributed by atoms with Crippen molar-refractivity contribution >= 4 is 17.5 Å². The molecule has 4 saturated carbocycles. The zero-order chi connectivity index (χ0) is 20.2. The fourth-order valence-electron chi connectivity index (χ4n) is 6.65. The van der Waals surface area contributed by atoms with Crippen LogP contribution in [0, 0.1) is 37.0 Å². The fraction of sp³-hybridized carbons (Fsp3) is 0.583. The van der Waals surface area contributed by atoms with Crippen molar-refractivity contribution < 1.29 is 4.79 Å². The van der Waals surface area contributed by atoms with Gasteiger partial charge in [-0.15, -0.1) is 0 Å². The first-order valence-corrected chi connectivity index (χ1v) is 11.4. The molecule has 154 valence electrons. The Morgan fingerprint density at radius 2 is 1.69 bits per heavy atom. The first-order valence-electron chi connectivity index (χ1n) is 11.0. The lowest BCUT2D eigenvalue weighted by Crippen LogP contribution is -2.51. The zero-order valence-corrected chi connectivity index (χ0v) is 18.1. The van der Waals surface area contributed by atoms with Crippen molar-refractivity contribution in [2.45, 2.75) is 58.9 Å². The predicted octanol–water partition coefficient (Wildman–Crippen LogP) is 5.15. The van der Waals surface area contributed by atoms with Gasteiger partial charge in [0, 0.05) is 6.54 Å². The summed E-state index contributed by atoms with van der Waals surface area (Å²) in [5, 5.41) is 8.23. The maximum Gasteiger partial charge on any atom is 0.256 e. The number of rotatable bonds is 5. The van der Waals surface area contributed by atoms with Crippen LogP contribution in [0.1, 0.15) is 65.7 Å². The Bertz CT molecular complexity index is 895. The summed E-state index contributed by atoms with van der Waals surface area (Å²) in [7, 11) is 0. The van der Waals surface area contributed by atoms with Crippen molar-refractivity contribution in [3.05, 3.63) is 51.8 Å². The number of hydrogen-bond donors (Lipinski definition) is 1. The van der Waals surface area contributed by atoms with E-state index in [0.29, 0.717) is 28.4 Å². The van der Waals surface area contributed by atoms with E-state index >= 15 is 0 Å². The van der Waals surface area contributed by atoms with Gasteiger partial charge < -0.3 is 5.32 Å². The fourth-order valence-corrected chi connectivity index (χ4v) is 6.97. The molecule has 1 amide bonds. The largest absolute Gasteiger partial charge is 0.351 e. The molecular formula is C24H30ClN3O. The Hall–Kier alpha value is -1.81. The van der Waals surface area contributed by atoms with E-state index in [0.717, 1.165) is 29.9 Å². The third kappa shape index (κ3) is 3.61. The molecule has 29 heavy (non-hydrogen) atoms. The first kappa shape index (κ1) is 19.2. The van der Waals surface area contributed by atoms with Gasteiger partial charge in [0.1, 0.15) is 5.15 Å². The molecule has 1 aromatic heterocycles. The molecule has 0 atom stereocenters. The molecule has 0 radical (unpaired) electrons. The average Bonchev–Trinajstić information content (AvgIpc) is 2.94. The SMILES string of the molecule is Cc1ccc(Cn2nc(C)c(C(=O)NCC34CC5CC(CC(C5)C3)C4)c2Cl)cc1. The van der Waals surface area contributed by atoms with Crippen molar-refractivity contribution in [2.75, 3.05) is 6.54 Å². The number of carbonyl (C=O) groups is 1. The summed E-state index contributed by atoms with van der Waals surface area (Å²) in [5.41, 5.74) is 3.90. The normalized spacial score (nSPS) is 30.0. The third-order valence-electron chi connectivity index (χ3n) is 7.53. The van der Waals surface area contributed by atoms with Crippen molar-refractivity contribution in [3.63, 3.8) is 0 Å². The van der Waals surface area contributed by atoms with Gasteiger partial charge in [0.05, 0.1) is 17.8 Å². The Labute approximate surface area is 178 Å². The minimum absolute atomic E-state index is 0.0709. The predicted molar refractivity (Wildman–Crippen MR) is 115 cm³/mol. The molecular weight excluding hydrogens is 382 g/mol. The standard InChI is InChI=1S/C24H30ClN3O/c1-15-3-5-17(6-4-15)13-28-22(25)21(16(2)27-28)23(29)26-14-24-10-18-7-19(11-24)9-20(8-18)12-24/h3-6,18-20H,7-14H2,1-2H3,(H,26,29). The minimum atomic E-state index is -0.0709. The molecule has 6 rings (SSSR count). The van der Waals surface area contributed by atoms with E-state index in [9.17, 15) is 4.79 Å². The van der Waals surface area contributed by atoms with E-state index in [1.54, 1.807) is 4.68 Å². The Morgan fingerprint density at radius 3 is 2.28 bits per heavy atom. The van der Waals surface area contributed by atoms with E-state index in [1.807, 2.05) is 6.92 Å². The van der Waals surface area contributed by atoms with Gasteiger partial charge in [-0.2, -0.15) is 5.10 Å². The van der Waals surface area contributed by atoms with E-state index < -0.39 is 0 Å². The molecule has 1 heterocycles. The number of nitrogens with zero attached hydrogens (tertiary/aromatic N) is 2. The molecule has 0 unspecified atom stereocenters. The molecule has 0 aliphatic heterocycles. The molecule has 1 aromatic carbocycles. The van der Waals surface area contributed by atoms with Crippen LogP contribution in [0.15, 0.2) is 24.3 Å². The van der Waals surface area contributed by atoms with Crippen LogP contribution in [0.4, 0.5) is 0 Å². The third-order valence-corrected chi connectivity index (χ3v) is 7.92. The minimum Gasteiger partial charge on any atom is -0.351 e. The summed E-state index contributed by atoms with van der Waals surface area (Å²) in [6.45, 7) is 5.30. The number of halogens is 1. The highest BCUT2D eigenvalue weighted by atomic mass is 35.5. The maximum atomic E-state index is 13.0. The second-order valence-electron chi connectivity index (χ2n) is 9.99. The lowest BCUT2D eigenvalue weighted by molar-refractivity contribution is -0.0503. The molecule has 4 bridgehead atoms. The molecule has 0 spiro atoms. The van der Waals surface area contributed by atoms with Gasteiger partial charge in [-0.1, -0.05) is 41.4 Å². The van der Waals surface area contributed by atoms with Crippen LogP contribution in [-0.4, -0.2) is 22.2 Å². The van der Waals surface area contributed by atoms with Gasteiger partial charge in [-0.3, -0.25) is 4.79 Å². The number of aromatic nitrogens is 2. The van der Waals surface area contributed by atoms with E-state index in [2.05, 4.69) is 41.6 Å². The molecule has 4 fully saturated rings. The van der Waals surface area contributed by atoms with Gasteiger partial charge in [0.2, 0.25) is 0 Å². The number of carbonyl (C=O) groups excluding carboxylic acids is 1. The van der Waals surface area contributed by atoms with Crippen molar-refractivity contribution in [1.29, 1.82) is 0 Å². The number of benzene rings is 1. The summed E-state index contributed by atoms with van der Waals surface area (Å²) in [6, 6.07) is 8.32. The van der Waals surface area contributed by atoms with Gasteiger partial charge in [0.15, 0.2) is 0 Å². The van der Waals surface area contributed by atoms with E-state index in [-0.39, 0.29) is 5.91 Å². The number of hydrogen-bond acceptors (Lipinski definition) is 2. The molecule has 4 aliphatic carbocycles. The maximum absolute atomic E-state index is 13.0. The van der Waals surface area contributed by atoms with Gasteiger partial charge in [-0.25, -0.2) is 4.68 Å². The second kappa shape index (κ2) is 7.16. The highest BCUT2D eigenvalue weighted by molar-refractivity contribution is 6.33. The Morgan fingerprint density at radius 1 is 1.10 bits per heavy atom. The van der Waals surface area contributed by atoms with Crippen LogP contribution in [0.3, 0.4) is 0 Å². The average molecular weight is 412 g/mol. The van der Waals surface area contributed by atoms with Crippen molar-refractivity contribution in [2.24, 2.45) is 23.2 Å². The van der Waals surface area contributed by atoms with Crippen LogP contribution in [0.25, 0.3) is 0 Å². The van der Waals surface area contributed by atoms with Crippen LogP contribution in [-0.2, 0) is 6.54 Å². The monoisotopic (exact) mass is 411 g/mol. The molecule has 1 N–H and O–H groups in total. The highest BCUT2D eigenvalue weighted by Crippen LogP contribution is 2.59. The Kier molecular flexibility index (Phi) is 4.73. The second-order valence-corrected chi connectivity index (χ2v) is 10.4. The molecule has 5 heteroatoms. The molecule has 0 saturated heterocycles. The quantitative estimate of drug-likeness (QED) is 0.739.